The van der Waals surface area contributed by atoms with Crippen molar-refractivity contribution in [2.45, 2.75) is 177 Å². The van der Waals surface area contributed by atoms with Crippen LogP contribution in [0.5, 0.6) is 0 Å². The van der Waals surface area contributed by atoms with Crippen LogP contribution < -0.4 is 5.73 Å². The number of cyclic esters (lactones) is 1. The average Bonchev–Trinajstić information content (AvgIpc) is 3.21. The van der Waals surface area contributed by atoms with Crippen molar-refractivity contribution in [1.29, 1.82) is 0 Å². The molecule has 18 atom stereocenters. The van der Waals surface area contributed by atoms with Gasteiger partial charge in [0.1, 0.15) is 18.1 Å². The van der Waals surface area contributed by atoms with Crippen LogP contribution in [-0.2, 0) is 28.5 Å². The maximum atomic E-state index is 12.6. The van der Waals surface area contributed by atoms with Gasteiger partial charge in [0.25, 0.3) is 0 Å². The number of carbonyl (C=O) groups excluding carboxylic acids is 1. The van der Waals surface area contributed by atoms with Crippen LogP contribution in [0.15, 0.2) is 85.1 Å². The molecule has 3 rings (SSSR count). The average molecular weight is 908 g/mol. The van der Waals surface area contributed by atoms with Gasteiger partial charge in [0.05, 0.1) is 73.5 Å². The number of carboxylic acids is 1. The molecule has 2 saturated heterocycles. The van der Waals surface area contributed by atoms with Gasteiger partial charge in [0.2, 0.25) is 0 Å². The minimum Gasteiger partial charge on any atom is -0.481 e. The molecule has 0 aromatic rings. The van der Waals surface area contributed by atoms with Gasteiger partial charge in [-0.2, -0.15) is 0 Å². The lowest BCUT2D eigenvalue weighted by molar-refractivity contribution is -0.308. The summed E-state index contributed by atoms with van der Waals surface area (Å²) in [5.41, 5.74) is 6.02. The fourth-order valence-electron chi connectivity index (χ4n) is 7.93. The molecular weight excluding hydrogens is 835 g/mol. The summed E-state index contributed by atoms with van der Waals surface area (Å²) in [7, 11) is 0. The summed E-state index contributed by atoms with van der Waals surface area (Å²) in [5, 5.41) is 108. The van der Waals surface area contributed by atoms with Crippen LogP contribution in [0.4, 0.5) is 0 Å². The molecule has 12 N–H and O–H groups in total. The SMILES string of the molecule is CC1OC(O[C@H]2/C=C/C=C/C=C/C=C/C=C/C=C/C=C/[C@H](C)[C@@H](O)[C@@H](C)[C@H](C)OC(=O)C[C@H](O)CCCC[C@@H](O)[C@H](O)C[C@H](O)C[C@]3(O)C[C@H](O)[C@@H](C(=O)O)C(C2)O3)C(O)C(N)C1O. The number of hydrogen-bond donors (Lipinski definition) is 11. The van der Waals surface area contributed by atoms with Gasteiger partial charge in [-0.15, -0.1) is 0 Å². The number of carboxylic acid groups (broad SMARTS) is 1. The van der Waals surface area contributed by atoms with Crippen LogP contribution in [-0.4, -0.2) is 154 Å². The summed E-state index contributed by atoms with van der Waals surface area (Å²) >= 11 is 0. The van der Waals surface area contributed by atoms with E-state index in [4.69, 9.17) is 24.7 Å². The number of nitrogens with two attached hydrogens (primary N) is 1. The molecule has 0 aromatic carbocycles. The van der Waals surface area contributed by atoms with E-state index in [1.807, 2.05) is 49.5 Å². The number of aliphatic hydroxyl groups excluding tert-OH is 8. The Balaban J connectivity index is 1.84. The van der Waals surface area contributed by atoms with Crippen molar-refractivity contribution in [2.75, 3.05) is 0 Å². The summed E-state index contributed by atoms with van der Waals surface area (Å²) < 4.78 is 23.2. The molecule has 2 fully saturated rings. The summed E-state index contributed by atoms with van der Waals surface area (Å²) in [6.45, 7) is 6.86. The van der Waals surface area contributed by atoms with E-state index in [1.165, 1.54) is 6.08 Å². The molecule has 0 aromatic heterocycles. The summed E-state index contributed by atoms with van der Waals surface area (Å²) in [4.78, 5) is 25.0. The Kier molecular flexibility index (Phi) is 23.4. The highest BCUT2D eigenvalue weighted by Gasteiger charge is 2.51. The van der Waals surface area contributed by atoms with E-state index in [0.29, 0.717) is 12.8 Å². The second-order valence-electron chi connectivity index (χ2n) is 17.4. The molecule has 3 aliphatic heterocycles. The van der Waals surface area contributed by atoms with E-state index in [1.54, 1.807) is 57.2 Å². The van der Waals surface area contributed by atoms with Gasteiger partial charge in [-0.1, -0.05) is 112 Å². The Morgan fingerprint density at radius 1 is 0.688 bits per heavy atom. The molecule has 0 amide bonds. The number of fused-ring (bicyclic) bond motifs is 2. The van der Waals surface area contributed by atoms with Gasteiger partial charge in [-0.3, -0.25) is 9.59 Å². The number of esters is 1. The zero-order chi connectivity index (χ0) is 47.6. The lowest BCUT2D eigenvalue weighted by atomic mass is 9.82. The minimum atomic E-state index is -2.28. The third-order valence-electron chi connectivity index (χ3n) is 12.0. The Morgan fingerprint density at radius 2 is 1.25 bits per heavy atom. The van der Waals surface area contributed by atoms with E-state index in [2.05, 4.69) is 0 Å². The molecular formula is C47H73NO16. The lowest BCUT2D eigenvalue weighted by Gasteiger charge is -2.45. The van der Waals surface area contributed by atoms with Gasteiger partial charge in [-0.25, -0.2) is 0 Å². The largest absolute Gasteiger partial charge is 0.481 e. The maximum Gasteiger partial charge on any atom is 0.311 e. The van der Waals surface area contributed by atoms with Crippen molar-refractivity contribution in [1.82, 2.24) is 0 Å². The predicted octanol–water partition coefficient (Wildman–Crippen LogP) is 1.74. The van der Waals surface area contributed by atoms with Crippen LogP contribution >= 0.6 is 0 Å². The summed E-state index contributed by atoms with van der Waals surface area (Å²) in [6.07, 6.45) is 7.71. The van der Waals surface area contributed by atoms with Crippen LogP contribution in [0.25, 0.3) is 0 Å². The molecule has 362 valence electrons. The molecule has 6 unspecified atom stereocenters. The van der Waals surface area contributed by atoms with E-state index in [9.17, 15) is 60.7 Å². The molecule has 3 aliphatic rings. The molecule has 0 radical (unpaired) electrons. The van der Waals surface area contributed by atoms with Crippen molar-refractivity contribution in [3.8, 4) is 0 Å². The molecule has 0 aliphatic carbocycles. The normalized spacial score (nSPS) is 44.8. The molecule has 64 heavy (non-hydrogen) atoms. The summed E-state index contributed by atoms with van der Waals surface area (Å²) in [5.74, 6) is -6.53. The molecule has 17 heteroatoms. The highest BCUT2D eigenvalue weighted by atomic mass is 16.7. The monoisotopic (exact) mass is 907 g/mol. The molecule has 2 bridgehead atoms. The van der Waals surface area contributed by atoms with Crippen LogP contribution in [0.1, 0.15) is 85.5 Å². The minimum absolute atomic E-state index is 0.0813. The topological polar surface area (TPSA) is 299 Å². The van der Waals surface area contributed by atoms with Crippen LogP contribution in [0.3, 0.4) is 0 Å². The number of rotatable bonds is 3. The van der Waals surface area contributed by atoms with Gasteiger partial charge < -0.3 is 75.7 Å². The third-order valence-corrected chi connectivity index (χ3v) is 12.0. The van der Waals surface area contributed by atoms with Gasteiger partial charge in [-0.05, 0) is 26.7 Å². The van der Waals surface area contributed by atoms with Crippen molar-refractivity contribution in [2.24, 2.45) is 23.5 Å². The zero-order valence-corrected chi connectivity index (χ0v) is 37.3. The smallest absolute Gasteiger partial charge is 0.311 e. The highest BCUT2D eigenvalue weighted by molar-refractivity contribution is 5.71. The molecule has 0 saturated carbocycles. The van der Waals surface area contributed by atoms with E-state index >= 15 is 0 Å². The van der Waals surface area contributed by atoms with E-state index < -0.39 is 134 Å². The van der Waals surface area contributed by atoms with Crippen LogP contribution in [0.2, 0.25) is 0 Å². The number of allylic oxidation sites excluding steroid dienone is 12. The Morgan fingerprint density at radius 3 is 1.84 bits per heavy atom. The lowest BCUT2D eigenvalue weighted by Crippen LogP contribution is -2.61. The maximum absolute atomic E-state index is 12.6. The molecule has 17 nitrogen and oxygen atoms in total. The van der Waals surface area contributed by atoms with Gasteiger partial charge in [0, 0.05) is 37.5 Å². The van der Waals surface area contributed by atoms with E-state index in [-0.39, 0.29) is 31.6 Å². The first-order valence-electron chi connectivity index (χ1n) is 22.2. The van der Waals surface area contributed by atoms with Crippen molar-refractivity contribution >= 4 is 11.9 Å². The Labute approximate surface area is 376 Å². The van der Waals surface area contributed by atoms with Crippen molar-refractivity contribution in [3.63, 3.8) is 0 Å². The Bertz CT molecular complexity index is 1630. The first-order chi connectivity index (χ1) is 30.2. The molecule has 3 heterocycles. The summed E-state index contributed by atoms with van der Waals surface area (Å²) in [6, 6.07) is -1.13. The standard InChI is InChI=1S/C47H73NO16/c1-28-19-15-13-11-9-7-5-6-8-10-12-14-16-21-34(63-46-44(57)41(48)43(56)31(4)62-46)25-38-40(45(58)59)37(53)27-47(60,64-38)26-33(50)23-36(52)35(51)22-18-17-20-32(49)24-39(54)61-30(3)29(2)42(28)55/h5-16,19,21,28-38,40-44,46,49-53,55-57,60H,17-18,20,22-27,48H2,1-4H3,(H,58,59)/b6-5+,9-7+,10-8+,13-11+,14-12+,19-15+,21-16+/t28-,29-,30-,31?,32+,33-,34-,35+,36+,37-,38?,40+,41?,42+,43?,44?,46?,47+/m0/s1. The quantitative estimate of drug-likeness (QED) is 0.180. The number of aliphatic carboxylic acids is 1. The highest BCUT2D eigenvalue weighted by Crippen LogP contribution is 2.38. The number of carbonyl (C=O) groups is 2. The fraction of sp³-hybridized carbons (Fsp3) is 0.660. The zero-order valence-electron chi connectivity index (χ0n) is 37.3. The third kappa shape index (κ3) is 18.1. The van der Waals surface area contributed by atoms with Crippen molar-refractivity contribution in [3.05, 3.63) is 85.1 Å². The predicted molar refractivity (Wildman–Crippen MR) is 236 cm³/mol. The van der Waals surface area contributed by atoms with Gasteiger partial charge >= 0.3 is 11.9 Å². The van der Waals surface area contributed by atoms with E-state index in [0.717, 1.165) is 0 Å². The van der Waals surface area contributed by atoms with Crippen molar-refractivity contribution < 1.29 is 79.6 Å². The Hall–Kier alpha value is -3.40. The number of ether oxygens (including phenoxy) is 4. The fourth-order valence-corrected chi connectivity index (χ4v) is 7.93. The molecule has 0 spiro atoms. The second kappa shape index (κ2) is 27.3. The first kappa shape index (κ1) is 54.9. The van der Waals surface area contributed by atoms with Crippen LogP contribution in [0, 0.1) is 17.8 Å². The number of aliphatic hydroxyl groups is 9. The number of hydrogen-bond acceptors (Lipinski definition) is 16. The first-order valence-corrected chi connectivity index (χ1v) is 22.2. The second-order valence-corrected chi connectivity index (χ2v) is 17.4. The van der Waals surface area contributed by atoms with Gasteiger partial charge in [0.15, 0.2) is 12.1 Å².